The van der Waals surface area contributed by atoms with E-state index in [2.05, 4.69) is 28.8 Å². The fraction of sp³-hybridized carbons (Fsp3) is 0.227. The number of methoxy groups -OCH3 is 1. The smallest absolute Gasteiger partial charge is 0.328 e. The van der Waals surface area contributed by atoms with Crippen LogP contribution in [0.2, 0.25) is 0 Å². The van der Waals surface area contributed by atoms with Crippen molar-refractivity contribution in [1.29, 1.82) is 0 Å². The fourth-order valence-corrected chi connectivity index (χ4v) is 6.28. The zero-order valence-electron chi connectivity index (χ0n) is 31.8. The number of amides is 2. The molecule has 0 aromatic heterocycles. The van der Waals surface area contributed by atoms with Gasteiger partial charge in [-0.15, -0.1) is 12.4 Å². The number of benzene rings is 5. The lowest BCUT2D eigenvalue weighted by Gasteiger charge is -2.23. The van der Waals surface area contributed by atoms with Crippen LogP contribution < -0.4 is 36.3 Å². The van der Waals surface area contributed by atoms with Gasteiger partial charge in [-0.25, -0.2) is 4.79 Å². The van der Waals surface area contributed by atoms with Crippen molar-refractivity contribution in [3.05, 3.63) is 128 Å². The van der Waals surface area contributed by atoms with Crippen molar-refractivity contribution in [1.82, 2.24) is 10.6 Å². The van der Waals surface area contributed by atoms with Crippen LogP contribution in [0, 0.1) is 0 Å². The predicted octanol–water partition coefficient (Wildman–Crippen LogP) is 6.03. The van der Waals surface area contributed by atoms with Crippen LogP contribution in [0.4, 0.5) is 0 Å². The highest BCUT2D eigenvalue weighted by atomic mass is 35.5. The average molecular weight is 794 g/mol. The van der Waals surface area contributed by atoms with Gasteiger partial charge in [-0.05, 0) is 64.2 Å². The largest absolute Gasteiger partial charge is 0.490 e. The molecule has 5 aromatic rings. The molecule has 0 radical (unpaired) electrons. The number of ether oxygens (including phenoxy) is 4. The number of aliphatic imine (C=N–C) groups is 1. The number of nitrogens with zero attached hydrogens (tertiary/aromatic N) is 1. The maximum absolute atomic E-state index is 13.8. The highest BCUT2D eigenvalue weighted by Crippen LogP contribution is 2.45. The molecule has 0 unspecified atom stereocenters. The van der Waals surface area contributed by atoms with E-state index >= 15 is 0 Å². The van der Waals surface area contributed by atoms with Crippen molar-refractivity contribution < 1.29 is 33.3 Å². The zero-order valence-corrected chi connectivity index (χ0v) is 32.6. The van der Waals surface area contributed by atoms with Gasteiger partial charge in [-0.3, -0.25) is 14.6 Å². The highest BCUT2D eigenvalue weighted by molar-refractivity contribution is 6.10. The van der Waals surface area contributed by atoms with E-state index in [-0.39, 0.29) is 44.4 Å². The Bertz CT molecular complexity index is 2210. The molecule has 57 heavy (non-hydrogen) atoms. The van der Waals surface area contributed by atoms with Gasteiger partial charge in [0.15, 0.2) is 12.6 Å². The number of carbonyl (C=O) groups excluding carboxylic acids is 3. The van der Waals surface area contributed by atoms with Crippen LogP contribution in [0.25, 0.3) is 32.7 Å². The number of guanidine groups is 1. The zero-order chi connectivity index (χ0) is 39.9. The lowest BCUT2D eigenvalue weighted by atomic mass is 9.92. The molecule has 5 rings (SSSR count). The van der Waals surface area contributed by atoms with E-state index < -0.39 is 36.5 Å². The summed E-state index contributed by atoms with van der Waals surface area (Å²) in [6.45, 7) is 7.90. The third-order valence-corrected chi connectivity index (χ3v) is 8.88. The second-order valence-electron chi connectivity index (χ2n) is 12.8. The van der Waals surface area contributed by atoms with E-state index in [1.54, 1.807) is 36.4 Å². The van der Waals surface area contributed by atoms with Crippen LogP contribution >= 0.6 is 12.4 Å². The molecule has 0 saturated carbocycles. The normalized spacial score (nSPS) is 11.6. The predicted molar refractivity (Wildman–Crippen MR) is 227 cm³/mol. The number of nitrogens with two attached hydrogens (primary N) is 2. The summed E-state index contributed by atoms with van der Waals surface area (Å²) >= 11 is 0. The van der Waals surface area contributed by atoms with Gasteiger partial charge in [0, 0.05) is 24.1 Å². The van der Waals surface area contributed by atoms with Crippen LogP contribution in [-0.2, 0) is 25.5 Å². The van der Waals surface area contributed by atoms with Crippen LogP contribution in [0.15, 0.2) is 127 Å². The summed E-state index contributed by atoms with van der Waals surface area (Å²) in [7, 11) is 1.24. The van der Waals surface area contributed by atoms with Crippen LogP contribution in [-0.4, -0.2) is 69.3 Å². The lowest BCUT2D eigenvalue weighted by molar-refractivity contribution is -0.145. The Kier molecular flexibility index (Phi) is 16.3. The third kappa shape index (κ3) is 11.7. The van der Waals surface area contributed by atoms with Crippen molar-refractivity contribution in [2.75, 3.05) is 33.5 Å². The number of halogens is 1. The number of rotatable bonds is 20. The summed E-state index contributed by atoms with van der Waals surface area (Å²) in [5.74, 6) is -0.179. The molecule has 0 heterocycles. The molecule has 13 heteroatoms. The van der Waals surface area contributed by atoms with Crippen LogP contribution in [0.5, 0.6) is 17.2 Å². The summed E-state index contributed by atoms with van der Waals surface area (Å²) in [6.07, 6.45) is 3.97. The number of hydrogen-bond acceptors (Lipinski definition) is 8. The summed E-state index contributed by atoms with van der Waals surface area (Å²) in [4.78, 5) is 44.3. The Morgan fingerprint density at radius 3 is 1.89 bits per heavy atom. The molecule has 0 aliphatic carbocycles. The first kappa shape index (κ1) is 43.2. The maximum atomic E-state index is 13.8. The molecule has 5 aromatic carbocycles. The van der Waals surface area contributed by atoms with E-state index in [1.807, 2.05) is 72.8 Å². The average Bonchev–Trinajstić information content (AvgIpc) is 3.21. The molecule has 12 nitrogen and oxygen atoms in total. The number of carbonyl (C=O) groups is 3. The van der Waals surface area contributed by atoms with E-state index in [9.17, 15) is 14.4 Å². The third-order valence-electron chi connectivity index (χ3n) is 8.88. The monoisotopic (exact) mass is 793 g/mol. The van der Waals surface area contributed by atoms with Crippen molar-refractivity contribution in [3.8, 4) is 28.4 Å². The Morgan fingerprint density at radius 1 is 0.737 bits per heavy atom. The van der Waals surface area contributed by atoms with E-state index in [0.29, 0.717) is 30.3 Å². The Balaban J connectivity index is 0.00000720. The SMILES string of the molecule is C=CCOc1ccc(C[C@H](NC(=O)[C@@H](CCCN=C(N)N)NC(=O)COc2ccc3ccccc3c2-c2c(OCC=C)ccc3ccccc23)C(=O)OC)cc1.Cl. The minimum absolute atomic E-state index is 0. The molecule has 0 bridgehead atoms. The van der Waals surface area contributed by atoms with Crippen LogP contribution in [0.1, 0.15) is 18.4 Å². The summed E-state index contributed by atoms with van der Waals surface area (Å²) in [5, 5.41) is 9.37. The summed E-state index contributed by atoms with van der Waals surface area (Å²) in [6, 6.07) is 28.5. The number of nitrogens with one attached hydrogen (secondary N) is 2. The first-order valence-electron chi connectivity index (χ1n) is 18.2. The Hall–Kier alpha value is -6.53. The molecule has 0 saturated heterocycles. The van der Waals surface area contributed by atoms with Crippen molar-refractivity contribution >= 4 is 57.7 Å². The van der Waals surface area contributed by atoms with Crippen molar-refractivity contribution in [3.63, 3.8) is 0 Å². The fourth-order valence-electron chi connectivity index (χ4n) is 6.28. The molecule has 0 aliphatic rings. The molecule has 6 N–H and O–H groups in total. The van der Waals surface area contributed by atoms with Gasteiger partial charge in [0.1, 0.15) is 42.5 Å². The van der Waals surface area contributed by atoms with Gasteiger partial charge in [-0.1, -0.05) is 98.1 Å². The quantitative estimate of drug-likeness (QED) is 0.0241. The van der Waals surface area contributed by atoms with E-state index in [0.717, 1.165) is 38.2 Å². The topological polar surface area (TPSA) is 177 Å². The van der Waals surface area contributed by atoms with Gasteiger partial charge >= 0.3 is 5.97 Å². The summed E-state index contributed by atoms with van der Waals surface area (Å²) in [5.41, 5.74) is 13.3. The number of fused-ring (bicyclic) bond motifs is 2. The second-order valence-corrected chi connectivity index (χ2v) is 12.8. The van der Waals surface area contributed by atoms with Gasteiger partial charge < -0.3 is 41.0 Å². The molecular weight excluding hydrogens is 746 g/mol. The van der Waals surface area contributed by atoms with Crippen LogP contribution in [0.3, 0.4) is 0 Å². The standard InChI is InChI=1S/C44H47N5O7.ClH/c1-4-25-54-32-20-16-29(17-21-32)27-36(43(52)53-3)49-42(51)35(15-10-24-47-44(45)46)48-39(50)28-56-38-23-19-31-12-7-9-14-34(31)41(38)40-33-13-8-6-11-30(33)18-22-37(40)55-26-5-2;/h4-9,11-14,16-23,35-36H,1-2,10,15,24-28H2,3H3,(H,48,50)(H,49,51)(H4,45,46,47);1H/t35-,36+;/m1./s1. The minimum Gasteiger partial charge on any atom is -0.490 e. The van der Waals surface area contributed by atoms with E-state index in [4.69, 9.17) is 30.4 Å². The van der Waals surface area contributed by atoms with Gasteiger partial charge in [0.05, 0.1) is 7.11 Å². The Morgan fingerprint density at radius 2 is 1.32 bits per heavy atom. The van der Waals surface area contributed by atoms with E-state index in [1.165, 1.54) is 7.11 Å². The Labute approximate surface area is 338 Å². The molecule has 298 valence electrons. The minimum atomic E-state index is -1.06. The molecule has 2 amide bonds. The molecule has 0 aliphatic heterocycles. The molecule has 0 fully saturated rings. The lowest BCUT2D eigenvalue weighted by Crippen LogP contribution is -2.53. The number of hydrogen-bond donors (Lipinski definition) is 4. The highest BCUT2D eigenvalue weighted by Gasteiger charge is 2.28. The van der Waals surface area contributed by atoms with Crippen molar-refractivity contribution in [2.24, 2.45) is 16.5 Å². The molecule has 2 atom stereocenters. The van der Waals surface area contributed by atoms with Gasteiger partial charge in [0.2, 0.25) is 5.91 Å². The van der Waals surface area contributed by atoms with Gasteiger partial charge in [0.25, 0.3) is 5.91 Å². The maximum Gasteiger partial charge on any atom is 0.328 e. The first-order valence-corrected chi connectivity index (χ1v) is 18.2. The van der Waals surface area contributed by atoms with Crippen molar-refractivity contribution in [2.45, 2.75) is 31.3 Å². The molecular formula is C44H48ClN5O7. The number of esters is 1. The van der Waals surface area contributed by atoms with Gasteiger partial charge in [-0.2, -0.15) is 0 Å². The molecule has 0 spiro atoms. The second kappa shape index (κ2) is 21.5. The summed E-state index contributed by atoms with van der Waals surface area (Å²) < 4.78 is 23.0. The first-order chi connectivity index (χ1) is 27.2.